The highest BCUT2D eigenvalue weighted by Gasteiger charge is 2.59. The average molecular weight is 493 g/mol. The van der Waals surface area contributed by atoms with E-state index in [0.717, 1.165) is 42.7 Å². The standard InChI is InChI=1S/C19H28FN3OS.HI/c1-4-21-18(22-10-12-25-14-7-5-13(20)6-8-14)23-16-15-9-11-24-17(15)19(16,2)3;/h5-8,15-17H,4,9-12H2,1-3H3,(H2,21,22,23);1H. The van der Waals surface area contributed by atoms with Gasteiger partial charge in [0, 0.05) is 41.2 Å². The fourth-order valence-electron chi connectivity index (χ4n) is 3.94. The molecule has 7 heteroatoms. The Bertz CT molecular complexity index is 611. The topological polar surface area (TPSA) is 45.7 Å². The minimum Gasteiger partial charge on any atom is -0.377 e. The summed E-state index contributed by atoms with van der Waals surface area (Å²) >= 11 is 1.69. The van der Waals surface area contributed by atoms with Crippen LogP contribution in [0.3, 0.4) is 0 Å². The fourth-order valence-corrected chi connectivity index (χ4v) is 4.68. The molecule has 4 nitrogen and oxygen atoms in total. The molecule has 0 aromatic heterocycles. The molecule has 1 saturated carbocycles. The van der Waals surface area contributed by atoms with E-state index in [1.807, 2.05) is 12.1 Å². The molecule has 26 heavy (non-hydrogen) atoms. The summed E-state index contributed by atoms with van der Waals surface area (Å²) in [5, 5.41) is 6.97. The highest BCUT2D eigenvalue weighted by Crippen LogP contribution is 2.52. The van der Waals surface area contributed by atoms with E-state index in [4.69, 9.17) is 9.73 Å². The van der Waals surface area contributed by atoms with Crippen LogP contribution in [0.25, 0.3) is 0 Å². The summed E-state index contributed by atoms with van der Waals surface area (Å²) in [5.74, 6) is 2.14. The predicted octanol–water partition coefficient (Wildman–Crippen LogP) is 3.90. The Hall–Kier alpha value is -0.540. The van der Waals surface area contributed by atoms with E-state index in [2.05, 4.69) is 31.4 Å². The van der Waals surface area contributed by atoms with Crippen LogP contribution in [0, 0.1) is 17.2 Å². The summed E-state index contributed by atoms with van der Waals surface area (Å²) in [4.78, 5) is 5.78. The normalized spacial score (nSPS) is 26.5. The predicted molar refractivity (Wildman–Crippen MR) is 117 cm³/mol. The second-order valence-corrected chi connectivity index (χ2v) is 8.42. The van der Waals surface area contributed by atoms with Gasteiger partial charge in [0.05, 0.1) is 12.6 Å². The van der Waals surface area contributed by atoms with Gasteiger partial charge in [0.25, 0.3) is 0 Å². The smallest absolute Gasteiger partial charge is 0.191 e. The molecule has 0 radical (unpaired) electrons. The molecule has 1 aliphatic carbocycles. The van der Waals surface area contributed by atoms with Gasteiger partial charge in [-0.3, -0.25) is 4.99 Å². The number of thioether (sulfide) groups is 1. The van der Waals surface area contributed by atoms with Crippen molar-refractivity contribution in [1.82, 2.24) is 10.6 Å². The van der Waals surface area contributed by atoms with Crippen LogP contribution in [0.1, 0.15) is 27.2 Å². The number of nitrogens with zero attached hydrogens (tertiary/aromatic N) is 1. The van der Waals surface area contributed by atoms with Crippen molar-refractivity contribution in [2.75, 3.05) is 25.4 Å². The zero-order valence-electron chi connectivity index (χ0n) is 15.6. The summed E-state index contributed by atoms with van der Waals surface area (Å²) in [5.41, 5.74) is 0.139. The summed E-state index contributed by atoms with van der Waals surface area (Å²) < 4.78 is 18.8. The van der Waals surface area contributed by atoms with Crippen molar-refractivity contribution < 1.29 is 9.13 Å². The molecular weight excluding hydrogens is 464 g/mol. The number of fused-ring (bicyclic) bond motifs is 1. The summed E-state index contributed by atoms with van der Waals surface area (Å²) in [6, 6.07) is 7.02. The number of halogens is 2. The largest absolute Gasteiger partial charge is 0.377 e. The fraction of sp³-hybridized carbons (Fsp3) is 0.632. The van der Waals surface area contributed by atoms with Crippen molar-refractivity contribution in [3.63, 3.8) is 0 Å². The maximum Gasteiger partial charge on any atom is 0.191 e. The highest BCUT2D eigenvalue weighted by molar-refractivity contribution is 14.0. The van der Waals surface area contributed by atoms with Crippen molar-refractivity contribution in [2.45, 2.75) is 44.2 Å². The van der Waals surface area contributed by atoms with Crippen molar-refractivity contribution in [1.29, 1.82) is 0 Å². The number of aliphatic imine (C=N–C) groups is 1. The molecule has 2 aliphatic rings. The second-order valence-electron chi connectivity index (χ2n) is 7.25. The Morgan fingerprint density at radius 2 is 2.08 bits per heavy atom. The maximum absolute atomic E-state index is 12.9. The van der Waals surface area contributed by atoms with Crippen LogP contribution in [-0.2, 0) is 4.74 Å². The van der Waals surface area contributed by atoms with E-state index in [9.17, 15) is 4.39 Å². The van der Waals surface area contributed by atoms with Gasteiger partial charge < -0.3 is 15.4 Å². The Morgan fingerprint density at radius 3 is 2.77 bits per heavy atom. The zero-order chi connectivity index (χ0) is 17.9. The van der Waals surface area contributed by atoms with Crippen LogP contribution < -0.4 is 10.6 Å². The van der Waals surface area contributed by atoms with E-state index in [1.165, 1.54) is 12.1 Å². The van der Waals surface area contributed by atoms with Crippen molar-refractivity contribution in [3.05, 3.63) is 30.1 Å². The Balaban J connectivity index is 0.00000243. The number of hydrogen-bond donors (Lipinski definition) is 2. The monoisotopic (exact) mass is 493 g/mol. The van der Waals surface area contributed by atoms with Crippen LogP contribution in [0.2, 0.25) is 0 Å². The number of ether oxygens (including phenoxy) is 1. The first kappa shape index (κ1) is 21.8. The van der Waals surface area contributed by atoms with Crippen LogP contribution >= 0.6 is 35.7 Å². The summed E-state index contributed by atoms with van der Waals surface area (Å²) in [6.07, 6.45) is 1.51. The second kappa shape index (κ2) is 9.59. The molecule has 1 aliphatic heterocycles. The van der Waals surface area contributed by atoms with Gasteiger partial charge in [-0.1, -0.05) is 13.8 Å². The molecule has 2 N–H and O–H groups in total. The first-order chi connectivity index (χ1) is 12.0. The van der Waals surface area contributed by atoms with Gasteiger partial charge in [0.1, 0.15) is 5.82 Å². The first-order valence-electron chi connectivity index (χ1n) is 9.07. The van der Waals surface area contributed by atoms with Gasteiger partial charge in [-0.05, 0) is 37.6 Å². The molecule has 1 saturated heterocycles. The molecule has 0 amide bonds. The molecule has 1 aromatic carbocycles. The lowest BCUT2D eigenvalue weighted by Gasteiger charge is -2.54. The quantitative estimate of drug-likeness (QED) is 0.208. The lowest BCUT2D eigenvalue weighted by Crippen LogP contribution is -2.68. The number of nitrogens with one attached hydrogen (secondary N) is 2. The third-order valence-corrected chi connectivity index (χ3v) is 6.17. The SMILES string of the molecule is CCNC(=NCCSc1ccc(F)cc1)NC1C2CCOC2C1(C)C.I. The van der Waals surface area contributed by atoms with Crippen molar-refractivity contribution in [3.8, 4) is 0 Å². The van der Waals surface area contributed by atoms with Crippen LogP contribution in [0.15, 0.2) is 34.2 Å². The molecule has 3 unspecified atom stereocenters. The van der Waals surface area contributed by atoms with Crippen molar-refractivity contribution >= 4 is 41.7 Å². The third kappa shape index (κ3) is 4.84. The molecule has 0 bridgehead atoms. The molecule has 3 rings (SSSR count). The van der Waals surface area contributed by atoms with Gasteiger partial charge in [0.15, 0.2) is 5.96 Å². The molecule has 1 heterocycles. The number of rotatable bonds is 6. The molecule has 2 fully saturated rings. The number of hydrogen-bond acceptors (Lipinski definition) is 3. The Morgan fingerprint density at radius 1 is 1.35 bits per heavy atom. The third-order valence-electron chi connectivity index (χ3n) is 5.18. The van der Waals surface area contributed by atoms with Gasteiger partial charge in [-0.2, -0.15) is 0 Å². The summed E-state index contributed by atoms with van der Waals surface area (Å²) in [6.45, 7) is 9.05. The van der Waals surface area contributed by atoms with E-state index >= 15 is 0 Å². The lowest BCUT2D eigenvalue weighted by atomic mass is 9.57. The van der Waals surface area contributed by atoms with Crippen molar-refractivity contribution in [2.24, 2.45) is 16.3 Å². The Labute approximate surface area is 177 Å². The molecule has 146 valence electrons. The minimum absolute atomic E-state index is 0. The zero-order valence-corrected chi connectivity index (χ0v) is 18.8. The molecule has 1 aromatic rings. The van der Waals surface area contributed by atoms with Gasteiger partial charge >= 0.3 is 0 Å². The highest BCUT2D eigenvalue weighted by atomic mass is 127. The molecule has 0 spiro atoms. The molecule has 3 atom stereocenters. The minimum atomic E-state index is -0.196. The summed E-state index contributed by atoms with van der Waals surface area (Å²) in [7, 11) is 0. The maximum atomic E-state index is 12.9. The van der Waals surface area contributed by atoms with Gasteiger partial charge in [-0.25, -0.2) is 4.39 Å². The lowest BCUT2D eigenvalue weighted by molar-refractivity contribution is -0.106. The van der Waals surface area contributed by atoms with Crippen LogP contribution in [-0.4, -0.2) is 43.6 Å². The van der Waals surface area contributed by atoms with Gasteiger partial charge in [-0.15, -0.1) is 35.7 Å². The van der Waals surface area contributed by atoms with Gasteiger partial charge in [0.2, 0.25) is 0 Å². The van der Waals surface area contributed by atoms with E-state index in [1.54, 1.807) is 11.8 Å². The average Bonchev–Trinajstić information content (AvgIpc) is 3.05. The Kier molecular flexibility index (Phi) is 8.03. The van der Waals surface area contributed by atoms with E-state index < -0.39 is 0 Å². The van der Waals surface area contributed by atoms with E-state index in [-0.39, 0.29) is 35.2 Å². The number of guanidine groups is 1. The van der Waals surface area contributed by atoms with Crippen LogP contribution in [0.4, 0.5) is 4.39 Å². The molecular formula is C19H29FIN3OS. The first-order valence-corrected chi connectivity index (χ1v) is 10.1. The number of benzene rings is 1. The van der Waals surface area contributed by atoms with Crippen LogP contribution in [0.5, 0.6) is 0 Å². The van der Waals surface area contributed by atoms with E-state index in [0.29, 0.717) is 18.1 Å².